The number of fused-ring (bicyclic) bond motifs is 1. The molecule has 2 heteroatoms. The van der Waals surface area contributed by atoms with Gasteiger partial charge in [-0.3, -0.25) is 0 Å². The maximum atomic E-state index is 5.33. The largest absolute Gasteiger partial charge is 0.356 e. The van der Waals surface area contributed by atoms with Crippen LogP contribution in [0.1, 0.15) is 25.3 Å². The highest BCUT2D eigenvalue weighted by molar-refractivity contribution is 5.91. The van der Waals surface area contributed by atoms with E-state index in [1.807, 2.05) is 24.3 Å². The van der Waals surface area contributed by atoms with Crippen molar-refractivity contribution < 1.29 is 4.52 Å². The smallest absolute Gasteiger partial charge is 0.167 e. The van der Waals surface area contributed by atoms with Gasteiger partial charge >= 0.3 is 0 Å². The first-order valence-corrected chi connectivity index (χ1v) is 6.20. The van der Waals surface area contributed by atoms with E-state index in [9.17, 15) is 0 Å². The van der Waals surface area contributed by atoms with Gasteiger partial charge in [0.15, 0.2) is 5.58 Å². The molecule has 0 atom stereocenters. The Morgan fingerprint density at radius 2 is 1.67 bits per heavy atom. The third-order valence-corrected chi connectivity index (χ3v) is 3.23. The minimum absolute atomic E-state index is 0.549. The van der Waals surface area contributed by atoms with E-state index in [1.54, 1.807) is 0 Å². The molecule has 0 aliphatic heterocycles. The Hall–Kier alpha value is -2.09. The zero-order chi connectivity index (χ0) is 12.5. The highest BCUT2D eigenvalue weighted by atomic mass is 16.5. The molecular weight excluding hydrogens is 222 g/mol. The molecule has 18 heavy (non-hydrogen) atoms. The van der Waals surface area contributed by atoms with Gasteiger partial charge in [-0.05, 0) is 23.6 Å². The lowest BCUT2D eigenvalue weighted by Crippen LogP contribution is -1.86. The van der Waals surface area contributed by atoms with E-state index in [0.717, 1.165) is 22.2 Å². The minimum atomic E-state index is 0.549. The molecule has 90 valence electrons. The second-order valence-corrected chi connectivity index (χ2v) is 4.80. The molecule has 2 aromatic carbocycles. The molecule has 0 unspecified atom stereocenters. The molecule has 0 saturated heterocycles. The average Bonchev–Trinajstić information content (AvgIpc) is 2.82. The van der Waals surface area contributed by atoms with Gasteiger partial charge < -0.3 is 4.52 Å². The van der Waals surface area contributed by atoms with Crippen LogP contribution in [-0.4, -0.2) is 5.16 Å². The van der Waals surface area contributed by atoms with Crippen LogP contribution in [0.4, 0.5) is 0 Å². The molecule has 3 rings (SSSR count). The summed E-state index contributed by atoms with van der Waals surface area (Å²) in [6, 6.07) is 16.5. The van der Waals surface area contributed by atoms with Gasteiger partial charge in [0.05, 0.1) is 0 Å². The van der Waals surface area contributed by atoms with E-state index in [-0.39, 0.29) is 0 Å². The molecule has 0 N–H and O–H groups in total. The van der Waals surface area contributed by atoms with E-state index in [1.165, 1.54) is 5.56 Å². The van der Waals surface area contributed by atoms with Crippen LogP contribution in [0.25, 0.3) is 22.2 Å². The van der Waals surface area contributed by atoms with E-state index < -0.39 is 0 Å². The van der Waals surface area contributed by atoms with E-state index in [2.05, 4.69) is 43.3 Å². The van der Waals surface area contributed by atoms with Gasteiger partial charge in [0.1, 0.15) is 5.69 Å². The molecule has 0 radical (unpaired) electrons. The summed E-state index contributed by atoms with van der Waals surface area (Å²) in [6.07, 6.45) is 0. The topological polar surface area (TPSA) is 26.0 Å². The number of nitrogens with zero attached hydrogens (tertiary/aromatic N) is 1. The SMILES string of the molecule is CC(C)c1ccc(-c2noc3ccccc23)cc1. The quantitative estimate of drug-likeness (QED) is 0.650. The van der Waals surface area contributed by atoms with Gasteiger partial charge in [-0.25, -0.2) is 0 Å². The summed E-state index contributed by atoms with van der Waals surface area (Å²) in [6.45, 7) is 4.39. The fourth-order valence-electron chi connectivity index (χ4n) is 2.12. The van der Waals surface area contributed by atoms with Crippen LogP contribution >= 0.6 is 0 Å². The van der Waals surface area contributed by atoms with Crippen LogP contribution in [0, 0.1) is 0 Å². The Kier molecular flexibility index (Phi) is 2.63. The second kappa shape index (κ2) is 4.30. The molecule has 1 heterocycles. The van der Waals surface area contributed by atoms with Crippen molar-refractivity contribution in [2.75, 3.05) is 0 Å². The van der Waals surface area contributed by atoms with E-state index in [4.69, 9.17) is 4.52 Å². The lowest BCUT2D eigenvalue weighted by Gasteiger charge is -2.05. The van der Waals surface area contributed by atoms with E-state index in [0.29, 0.717) is 5.92 Å². The molecule has 1 aromatic heterocycles. The lowest BCUT2D eigenvalue weighted by atomic mass is 10.00. The highest BCUT2D eigenvalue weighted by Gasteiger charge is 2.09. The Balaban J connectivity index is 2.09. The molecular formula is C16H15NO. The fourth-order valence-corrected chi connectivity index (χ4v) is 2.12. The molecule has 2 nitrogen and oxygen atoms in total. The van der Waals surface area contributed by atoms with Crippen molar-refractivity contribution in [1.29, 1.82) is 0 Å². The Morgan fingerprint density at radius 1 is 0.944 bits per heavy atom. The highest BCUT2D eigenvalue weighted by Crippen LogP contribution is 2.28. The fraction of sp³-hybridized carbons (Fsp3) is 0.188. The average molecular weight is 237 g/mol. The third-order valence-electron chi connectivity index (χ3n) is 3.23. The monoisotopic (exact) mass is 237 g/mol. The Labute approximate surface area is 106 Å². The van der Waals surface area contributed by atoms with Crippen LogP contribution in [-0.2, 0) is 0 Å². The summed E-state index contributed by atoms with van der Waals surface area (Å²) < 4.78 is 5.33. The van der Waals surface area contributed by atoms with Crippen molar-refractivity contribution in [3.63, 3.8) is 0 Å². The first-order valence-electron chi connectivity index (χ1n) is 6.20. The molecule has 3 aromatic rings. The zero-order valence-electron chi connectivity index (χ0n) is 10.6. The zero-order valence-corrected chi connectivity index (χ0v) is 10.6. The number of hydrogen-bond acceptors (Lipinski definition) is 2. The standard InChI is InChI=1S/C16H15NO/c1-11(2)12-7-9-13(10-8-12)16-14-5-3-4-6-15(14)18-17-16/h3-11H,1-2H3. The first-order chi connectivity index (χ1) is 8.75. The predicted octanol–water partition coefficient (Wildman–Crippen LogP) is 4.62. The normalized spacial score (nSPS) is 11.3. The van der Waals surface area contributed by atoms with Crippen molar-refractivity contribution in [3.8, 4) is 11.3 Å². The van der Waals surface area contributed by atoms with Crippen LogP contribution in [0.15, 0.2) is 53.1 Å². The van der Waals surface area contributed by atoms with Crippen molar-refractivity contribution in [2.24, 2.45) is 0 Å². The molecule has 0 aliphatic carbocycles. The summed E-state index contributed by atoms with van der Waals surface area (Å²) in [5.74, 6) is 0.549. The summed E-state index contributed by atoms with van der Waals surface area (Å²) in [7, 11) is 0. The Morgan fingerprint density at radius 3 is 2.39 bits per heavy atom. The van der Waals surface area contributed by atoms with Gasteiger partial charge in [-0.2, -0.15) is 0 Å². The van der Waals surface area contributed by atoms with Gasteiger partial charge in [-0.15, -0.1) is 0 Å². The number of benzene rings is 2. The second-order valence-electron chi connectivity index (χ2n) is 4.80. The molecule has 0 amide bonds. The van der Waals surface area contributed by atoms with Crippen LogP contribution in [0.2, 0.25) is 0 Å². The number of aromatic nitrogens is 1. The van der Waals surface area contributed by atoms with Crippen LogP contribution < -0.4 is 0 Å². The maximum Gasteiger partial charge on any atom is 0.167 e. The molecule has 0 fully saturated rings. The summed E-state index contributed by atoms with van der Waals surface area (Å²) in [4.78, 5) is 0. The van der Waals surface area contributed by atoms with E-state index >= 15 is 0 Å². The Bertz CT molecular complexity index is 665. The summed E-state index contributed by atoms with van der Waals surface area (Å²) >= 11 is 0. The van der Waals surface area contributed by atoms with Crippen molar-refractivity contribution in [3.05, 3.63) is 54.1 Å². The van der Waals surface area contributed by atoms with Gasteiger partial charge in [0.25, 0.3) is 0 Å². The van der Waals surface area contributed by atoms with Gasteiger partial charge in [0, 0.05) is 10.9 Å². The van der Waals surface area contributed by atoms with Crippen molar-refractivity contribution in [1.82, 2.24) is 5.16 Å². The first kappa shape index (κ1) is 11.0. The molecule has 0 bridgehead atoms. The minimum Gasteiger partial charge on any atom is -0.356 e. The number of rotatable bonds is 2. The van der Waals surface area contributed by atoms with Crippen molar-refractivity contribution >= 4 is 11.0 Å². The summed E-state index contributed by atoms with van der Waals surface area (Å²) in [5, 5.41) is 5.23. The molecule has 0 aliphatic rings. The van der Waals surface area contributed by atoms with Crippen LogP contribution in [0.3, 0.4) is 0 Å². The third kappa shape index (κ3) is 1.80. The lowest BCUT2D eigenvalue weighted by molar-refractivity contribution is 0.459. The van der Waals surface area contributed by atoms with Gasteiger partial charge in [-0.1, -0.05) is 55.4 Å². The van der Waals surface area contributed by atoms with Gasteiger partial charge in [0.2, 0.25) is 0 Å². The van der Waals surface area contributed by atoms with Crippen LogP contribution in [0.5, 0.6) is 0 Å². The molecule has 0 saturated carbocycles. The summed E-state index contributed by atoms with van der Waals surface area (Å²) in [5.41, 5.74) is 4.19. The number of hydrogen-bond donors (Lipinski definition) is 0. The maximum absolute atomic E-state index is 5.33. The molecule has 0 spiro atoms. The number of para-hydroxylation sites is 1. The predicted molar refractivity (Wildman–Crippen MR) is 73.5 cm³/mol. The van der Waals surface area contributed by atoms with Crippen molar-refractivity contribution in [2.45, 2.75) is 19.8 Å².